The Morgan fingerprint density at radius 1 is 0.895 bits per heavy atom. The van der Waals surface area contributed by atoms with E-state index < -0.39 is 0 Å². The summed E-state index contributed by atoms with van der Waals surface area (Å²) in [6.07, 6.45) is 9.11. The lowest BCUT2D eigenvalue weighted by molar-refractivity contribution is -0.133. The topological polar surface area (TPSA) is 47.6 Å². The normalized spacial score (nSPS) is 31.9. The van der Waals surface area contributed by atoms with E-state index >= 15 is 0 Å². The predicted octanol–water partition coefficient (Wildman–Crippen LogP) is 2.27. The summed E-state index contributed by atoms with van der Waals surface area (Å²) in [6, 6.07) is 0. The standard InChI is InChI=1S/C15H27NO3/c17-15-13-7-3-4-8-14(13)19-11-6-2-1-5-10-18-12-9-16-15/h13-14H,1-12H2,(H,16,17)/t13?,14-/m0/s1. The highest BCUT2D eigenvalue weighted by Crippen LogP contribution is 2.27. The molecule has 0 radical (unpaired) electrons. The van der Waals surface area contributed by atoms with Crippen LogP contribution in [0.1, 0.15) is 51.4 Å². The summed E-state index contributed by atoms with van der Waals surface area (Å²) >= 11 is 0. The van der Waals surface area contributed by atoms with E-state index in [9.17, 15) is 4.79 Å². The third-order valence-electron chi connectivity index (χ3n) is 4.10. The van der Waals surface area contributed by atoms with E-state index in [-0.39, 0.29) is 17.9 Å². The number of fused-ring (bicyclic) bond motifs is 1. The van der Waals surface area contributed by atoms with E-state index in [4.69, 9.17) is 9.47 Å². The highest BCUT2D eigenvalue weighted by molar-refractivity contribution is 5.79. The monoisotopic (exact) mass is 269 g/mol. The third-order valence-corrected chi connectivity index (χ3v) is 4.10. The van der Waals surface area contributed by atoms with Gasteiger partial charge in [-0.15, -0.1) is 0 Å². The quantitative estimate of drug-likeness (QED) is 0.734. The van der Waals surface area contributed by atoms with E-state index in [1.807, 2.05) is 0 Å². The lowest BCUT2D eigenvalue weighted by Gasteiger charge is -2.30. The Labute approximate surface area is 116 Å². The van der Waals surface area contributed by atoms with Gasteiger partial charge in [-0.3, -0.25) is 4.79 Å². The molecule has 2 aliphatic rings. The van der Waals surface area contributed by atoms with Crippen molar-refractivity contribution in [1.82, 2.24) is 5.32 Å². The molecule has 1 saturated heterocycles. The first-order chi connectivity index (χ1) is 9.38. The van der Waals surface area contributed by atoms with Gasteiger partial charge in [-0.2, -0.15) is 0 Å². The third kappa shape index (κ3) is 5.11. The second-order valence-electron chi connectivity index (χ2n) is 5.62. The molecule has 2 fully saturated rings. The van der Waals surface area contributed by atoms with Gasteiger partial charge in [0.15, 0.2) is 0 Å². The number of amides is 1. The van der Waals surface area contributed by atoms with Crippen LogP contribution in [0.5, 0.6) is 0 Å². The zero-order valence-corrected chi connectivity index (χ0v) is 11.9. The minimum absolute atomic E-state index is 0.0525. The highest BCUT2D eigenvalue weighted by Gasteiger charge is 2.31. The number of nitrogens with one attached hydrogen (secondary N) is 1. The molecule has 1 amide bonds. The zero-order valence-electron chi connectivity index (χ0n) is 11.9. The summed E-state index contributed by atoms with van der Waals surface area (Å²) in [5.41, 5.74) is 0. The van der Waals surface area contributed by atoms with E-state index in [1.54, 1.807) is 0 Å². The molecule has 0 aromatic carbocycles. The van der Waals surface area contributed by atoms with Crippen molar-refractivity contribution in [2.45, 2.75) is 57.5 Å². The van der Waals surface area contributed by atoms with Crippen molar-refractivity contribution < 1.29 is 14.3 Å². The van der Waals surface area contributed by atoms with Gasteiger partial charge in [0.25, 0.3) is 0 Å². The molecule has 4 heteroatoms. The van der Waals surface area contributed by atoms with Gasteiger partial charge in [-0.25, -0.2) is 0 Å². The Morgan fingerprint density at radius 3 is 2.58 bits per heavy atom. The largest absolute Gasteiger partial charge is 0.380 e. The van der Waals surface area contributed by atoms with Crippen LogP contribution in [0.2, 0.25) is 0 Å². The molecule has 0 bridgehead atoms. The number of hydrogen-bond donors (Lipinski definition) is 1. The van der Waals surface area contributed by atoms with Gasteiger partial charge in [-0.05, 0) is 25.7 Å². The van der Waals surface area contributed by atoms with Crippen LogP contribution in [0.4, 0.5) is 0 Å². The van der Waals surface area contributed by atoms with Crippen LogP contribution in [0, 0.1) is 5.92 Å². The molecule has 1 saturated carbocycles. The van der Waals surface area contributed by atoms with Crippen LogP contribution in [0.3, 0.4) is 0 Å². The van der Waals surface area contributed by atoms with Gasteiger partial charge in [0, 0.05) is 19.8 Å². The van der Waals surface area contributed by atoms with Gasteiger partial charge >= 0.3 is 0 Å². The fourth-order valence-corrected chi connectivity index (χ4v) is 2.97. The average molecular weight is 269 g/mol. The van der Waals surface area contributed by atoms with Crippen LogP contribution in [0.15, 0.2) is 0 Å². The van der Waals surface area contributed by atoms with Gasteiger partial charge in [0.05, 0.1) is 18.6 Å². The van der Waals surface area contributed by atoms with E-state index in [1.165, 1.54) is 19.3 Å². The summed E-state index contributed by atoms with van der Waals surface area (Å²) < 4.78 is 11.5. The average Bonchev–Trinajstić information content (AvgIpc) is 2.44. The lowest BCUT2D eigenvalue weighted by Crippen LogP contribution is -2.42. The molecule has 1 aliphatic heterocycles. The van der Waals surface area contributed by atoms with Gasteiger partial charge in [0.2, 0.25) is 5.91 Å². The zero-order chi connectivity index (χ0) is 13.3. The molecule has 2 atom stereocenters. The Morgan fingerprint density at radius 2 is 1.68 bits per heavy atom. The maximum Gasteiger partial charge on any atom is 0.225 e. The molecule has 1 aliphatic carbocycles. The van der Waals surface area contributed by atoms with Crippen molar-refractivity contribution in [3.05, 3.63) is 0 Å². The van der Waals surface area contributed by atoms with Crippen molar-refractivity contribution in [3.8, 4) is 0 Å². The smallest absolute Gasteiger partial charge is 0.225 e. The van der Waals surface area contributed by atoms with Crippen LogP contribution in [-0.2, 0) is 14.3 Å². The van der Waals surface area contributed by atoms with Crippen molar-refractivity contribution in [2.24, 2.45) is 5.92 Å². The first-order valence-corrected chi connectivity index (χ1v) is 7.85. The molecule has 0 aromatic rings. The van der Waals surface area contributed by atoms with Crippen LogP contribution < -0.4 is 5.32 Å². The molecular formula is C15H27NO3. The van der Waals surface area contributed by atoms with Crippen molar-refractivity contribution >= 4 is 5.91 Å². The fourth-order valence-electron chi connectivity index (χ4n) is 2.97. The summed E-state index contributed by atoms with van der Waals surface area (Å²) in [6.45, 7) is 2.87. The molecule has 2 rings (SSSR count). The summed E-state index contributed by atoms with van der Waals surface area (Å²) in [7, 11) is 0. The van der Waals surface area contributed by atoms with Crippen LogP contribution >= 0.6 is 0 Å². The number of carbonyl (C=O) groups is 1. The minimum atomic E-state index is 0.0525. The molecule has 4 nitrogen and oxygen atoms in total. The second kappa shape index (κ2) is 8.54. The summed E-state index contributed by atoms with van der Waals surface area (Å²) in [4.78, 5) is 12.2. The molecule has 0 aromatic heterocycles. The number of ether oxygens (including phenoxy) is 2. The first kappa shape index (κ1) is 14.8. The first-order valence-electron chi connectivity index (χ1n) is 7.85. The predicted molar refractivity (Wildman–Crippen MR) is 74.0 cm³/mol. The van der Waals surface area contributed by atoms with Gasteiger partial charge in [-0.1, -0.05) is 25.7 Å². The minimum Gasteiger partial charge on any atom is -0.380 e. The second-order valence-corrected chi connectivity index (χ2v) is 5.62. The molecule has 0 spiro atoms. The Hall–Kier alpha value is -0.610. The maximum absolute atomic E-state index is 12.2. The molecule has 19 heavy (non-hydrogen) atoms. The van der Waals surface area contributed by atoms with Gasteiger partial charge < -0.3 is 14.8 Å². The molecule has 1 unspecified atom stereocenters. The lowest BCUT2D eigenvalue weighted by atomic mass is 9.85. The SMILES string of the molecule is O=C1NCCOCCCCCCO[C@H]2CCCCC12. The Bertz CT molecular complexity index is 270. The van der Waals surface area contributed by atoms with Gasteiger partial charge in [0.1, 0.15) is 0 Å². The molecule has 1 N–H and O–H groups in total. The van der Waals surface area contributed by atoms with E-state index in [0.717, 1.165) is 45.3 Å². The van der Waals surface area contributed by atoms with Crippen LogP contribution in [-0.4, -0.2) is 38.4 Å². The Kier molecular flexibility index (Phi) is 6.65. The molecule has 1 heterocycles. The summed E-state index contributed by atoms with van der Waals surface area (Å²) in [5.74, 6) is 0.210. The number of rotatable bonds is 0. The van der Waals surface area contributed by atoms with Crippen molar-refractivity contribution in [2.75, 3.05) is 26.4 Å². The fraction of sp³-hybridized carbons (Fsp3) is 0.933. The van der Waals surface area contributed by atoms with Crippen molar-refractivity contribution in [3.63, 3.8) is 0 Å². The summed E-state index contributed by atoms with van der Waals surface area (Å²) in [5, 5.41) is 2.99. The van der Waals surface area contributed by atoms with E-state index in [2.05, 4.69) is 5.32 Å². The Balaban J connectivity index is 1.86. The highest BCUT2D eigenvalue weighted by atomic mass is 16.5. The van der Waals surface area contributed by atoms with E-state index in [0.29, 0.717) is 13.2 Å². The van der Waals surface area contributed by atoms with Crippen LogP contribution in [0.25, 0.3) is 0 Å². The maximum atomic E-state index is 12.2. The number of carbonyl (C=O) groups excluding carboxylic acids is 1. The number of hydrogen-bond acceptors (Lipinski definition) is 3. The molecule has 110 valence electrons. The van der Waals surface area contributed by atoms with Crippen molar-refractivity contribution in [1.29, 1.82) is 0 Å². The molecular weight excluding hydrogens is 242 g/mol.